The molecule has 32 heavy (non-hydrogen) atoms. The summed E-state index contributed by atoms with van der Waals surface area (Å²) in [6.45, 7) is 5.12. The van der Waals surface area contributed by atoms with Crippen LogP contribution in [-0.4, -0.2) is 54.8 Å². The number of imidazole rings is 1. The summed E-state index contributed by atoms with van der Waals surface area (Å²) in [5, 5.41) is 0. The number of hydrogen-bond donors (Lipinski definition) is 0. The second-order valence-corrected chi connectivity index (χ2v) is 9.34. The summed E-state index contributed by atoms with van der Waals surface area (Å²) in [6, 6.07) is 0.104. The van der Waals surface area contributed by atoms with Crippen LogP contribution in [0, 0.1) is 5.41 Å². The molecule has 0 radical (unpaired) electrons. The van der Waals surface area contributed by atoms with Crippen molar-refractivity contribution >= 4 is 17.1 Å². The molecule has 2 heterocycles. The molecule has 2 atom stereocenters. The largest absolute Gasteiger partial charge is 0.378 e. The Kier molecular flexibility index (Phi) is 6.29. The van der Waals surface area contributed by atoms with Gasteiger partial charge in [0, 0.05) is 38.7 Å². The highest BCUT2D eigenvalue weighted by Crippen LogP contribution is 2.55. The number of aromatic nitrogens is 4. The first kappa shape index (κ1) is 22.8. The fourth-order valence-electron chi connectivity index (χ4n) is 5.92. The molecule has 4 rings (SSSR count). The van der Waals surface area contributed by atoms with Crippen molar-refractivity contribution in [3.8, 4) is 0 Å². The van der Waals surface area contributed by atoms with E-state index in [4.69, 9.17) is 4.74 Å². The van der Waals surface area contributed by atoms with Crippen molar-refractivity contribution in [1.29, 1.82) is 0 Å². The third-order valence-corrected chi connectivity index (χ3v) is 7.55. The minimum Gasteiger partial charge on any atom is -0.378 e. The zero-order valence-corrected chi connectivity index (χ0v) is 19.7. The predicted molar refractivity (Wildman–Crippen MR) is 122 cm³/mol. The molecule has 176 valence electrons. The normalized spacial score (nSPS) is 22.2. The van der Waals surface area contributed by atoms with Gasteiger partial charge in [-0.1, -0.05) is 26.2 Å². The van der Waals surface area contributed by atoms with E-state index in [1.54, 1.807) is 18.7 Å². The van der Waals surface area contributed by atoms with Crippen LogP contribution in [-0.2, 0) is 30.2 Å². The van der Waals surface area contributed by atoms with Crippen LogP contribution < -0.4 is 11.2 Å². The van der Waals surface area contributed by atoms with Gasteiger partial charge in [0.1, 0.15) is 6.54 Å². The third kappa shape index (κ3) is 3.50. The Morgan fingerprint density at radius 3 is 2.59 bits per heavy atom. The van der Waals surface area contributed by atoms with Gasteiger partial charge in [0.05, 0.1) is 12.4 Å². The third-order valence-electron chi connectivity index (χ3n) is 7.55. The van der Waals surface area contributed by atoms with E-state index in [9.17, 15) is 14.4 Å². The summed E-state index contributed by atoms with van der Waals surface area (Å²) < 4.78 is 10.1. The molecular weight excluding hydrogens is 410 g/mol. The summed E-state index contributed by atoms with van der Waals surface area (Å²) in [5.41, 5.74) is -0.330. The maximum Gasteiger partial charge on any atom is 0.332 e. The molecule has 2 fully saturated rings. The van der Waals surface area contributed by atoms with Crippen LogP contribution in [0.5, 0.6) is 0 Å². The lowest BCUT2D eigenvalue weighted by atomic mass is 9.54. The van der Waals surface area contributed by atoms with E-state index >= 15 is 0 Å². The second-order valence-electron chi connectivity index (χ2n) is 9.34. The number of carbonyl (C=O) groups excluding carboxylic acids is 1. The van der Waals surface area contributed by atoms with Gasteiger partial charge in [-0.2, -0.15) is 0 Å². The van der Waals surface area contributed by atoms with Crippen molar-refractivity contribution in [2.75, 3.05) is 13.2 Å². The molecule has 0 bridgehead atoms. The van der Waals surface area contributed by atoms with E-state index in [-0.39, 0.29) is 30.0 Å². The lowest BCUT2D eigenvalue weighted by Gasteiger charge is -2.60. The Morgan fingerprint density at radius 2 is 1.94 bits per heavy atom. The van der Waals surface area contributed by atoms with Crippen molar-refractivity contribution in [3.05, 3.63) is 27.2 Å². The quantitative estimate of drug-likeness (QED) is 0.648. The molecule has 9 nitrogen and oxygen atoms in total. The molecule has 0 N–H and O–H groups in total. The fourth-order valence-corrected chi connectivity index (χ4v) is 5.92. The van der Waals surface area contributed by atoms with E-state index in [1.807, 2.05) is 11.8 Å². The molecule has 1 amide bonds. The number of ether oxygens (including phenoxy) is 1. The van der Waals surface area contributed by atoms with Crippen LogP contribution in [0.25, 0.3) is 11.2 Å². The van der Waals surface area contributed by atoms with Crippen LogP contribution in [0.2, 0.25) is 0 Å². The van der Waals surface area contributed by atoms with Crippen LogP contribution in [0.3, 0.4) is 0 Å². The number of hydrogen-bond acceptors (Lipinski definition) is 5. The van der Waals surface area contributed by atoms with Crippen LogP contribution in [0.15, 0.2) is 15.9 Å². The lowest BCUT2D eigenvalue weighted by Crippen LogP contribution is -2.67. The highest BCUT2D eigenvalue weighted by Gasteiger charge is 2.58. The molecule has 0 aromatic carbocycles. The van der Waals surface area contributed by atoms with Crippen molar-refractivity contribution < 1.29 is 9.53 Å². The molecule has 0 unspecified atom stereocenters. The molecule has 2 aromatic rings. The van der Waals surface area contributed by atoms with Gasteiger partial charge in [-0.05, 0) is 32.6 Å². The number of aryl methyl sites for hydroxylation is 2. The van der Waals surface area contributed by atoms with Crippen molar-refractivity contribution in [2.24, 2.45) is 19.5 Å². The van der Waals surface area contributed by atoms with Crippen molar-refractivity contribution in [1.82, 2.24) is 23.6 Å². The Morgan fingerprint density at radius 1 is 1.22 bits per heavy atom. The minimum absolute atomic E-state index is 0.000997. The standard InChI is InChI=1S/C23H35N5O4/c1-5-12-27(16-13-17(32-6-2)23(16)10-8-7-9-11-23)18(29)14-28-21(30)19-20(24-15-25(19)3)26(4)22(28)31/h15-17H,5-14H2,1-4H3/t16-,17+/m1/s1. The van der Waals surface area contributed by atoms with Gasteiger partial charge in [-0.15, -0.1) is 0 Å². The van der Waals surface area contributed by atoms with Crippen LogP contribution in [0.1, 0.15) is 58.8 Å². The smallest absolute Gasteiger partial charge is 0.332 e. The number of fused-ring (bicyclic) bond motifs is 1. The van der Waals surface area contributed by atoms with E-state index < -0.39 is 11.2 Å². The van der Waals surface area contributed by atoms with Gasteiger partial charge >= 0.3 is 5.69 Å². The molecule has 1 spiro atoms. The summed E-state index contributed by atoms with van der Waals surface area (Å²) >= 11 is 0. The second kappa shape index (κ2) is 8.84. The van der Waals surface area contributed by atoms with Crippen LogP contribution in [0.4, 0.5) is 0 Å². The highest BCUT2D eigenvalue weighted by molar-refractivity contribution is 5.77. The maximum atomic E-state index is 13.6. The minimum atomic E-state index is -0.515. The zero-order chi connectivity index (χ0) is 23.0. The first-order valence-electron chi connectivity index (χ1n) is 11.9. The Balaban J connectivity index is 1.66. The molecule has 2 aliphatic rings. The molecule has 2 aromatic heterocycles. The van der Waals surface area contributed by atoms with Crippen LogP contribution >= 0.6 is 0 Å². The molecular formula is C23H35N5O4. The van der Waals surface area contributed by atoms with E-state index in [0.717, 1.165) is 43.1 Å². The molecule has 2 saturated carbocycles. The van der Waals surface area contributed by atoms with Gasteiger partial charge in [0.2, 0.25) is 5.91 Å². The average Bonchev–Trinajstić information content (AvgIpc) is 3.18. The fraction of sp³-hybridized carbons (Fsp3) is 0.739. The summed E-state index contributed by atoms with van der Waals surface area (Å²) in [5.74, 6) is -0.169. The van der Waals surface area contributed by atoms with Gasteiger partial charge < -0.3 is 14.2 Å². The SMILES string of the molecule is CCCN(C(=O)Cn1c(=O)c2c(ncn2C)n(C)c1=O)[C@@H]1C[C@H](OCC)C12CCCCC2. The number of amides is 1. The van der Waals surface area contributed by atoms with Gasteiger partial charge in [0.25, 0.3) is 5.56 Å². The van der Waals surface area contributed by atoms with Gasteiger partial charge in [-0.3, -0.25) is 14.2 Å². The zero-order valence-electron chi connectivity index (χ0n) is 19.7. The van der Waals surface area contributed by atoms with E-state index in [0.29, 0.717) is 24.3 Å². The highest BCUT2D eigenvalue weighted by atomic mass is 16.5. The maximum absolute atomic E-state index is 13.6. The predicted octanol–water partition coefficient (Wildman–Crippen LogP) is 1.80. The Labute approximate surface area is 188 Å². The van der Waals surface area contributed by atoms with Gasteiger partial charge in [-0.25, -0.2) is 14.3 Å². The van der Waals surface area contributed by atoms with Crippen molar-refractivity contribution in [2.45, 2.75) is 77.5 Å². The number of carbonyl (C=O) groups is 1. The van der Waals surface area contributed by atoms with E-state index in [1.165, 1.54) is 17.3 Å². The summed E-state index contributed by atoms with van der Waals surface area (Å²) in [6.07, 6.45) is 9.03. The average molecular weight is 446 g/mol. The van der Waals surface area contributed by atoms with Crippen molar-refractivity contribution in [3.63, 3.8) is 0 Å². The number of rotatable bonds is 7. The van der Waals surface area contributed by atoms with Gasteiger partial charge in [0.15, 0.2) is 11.2 Å². The number of nitrogens with zero attached hydrogens (tertiary/aromatic N) is 5. The Hall–Kier alpha value is -2.42. The molecule has 0 aliphatic heterocycles. The summed E-state index contributed by atoms with van der Waals surface area (Å²) in [7, 11) is 3.29. The first-order chi connectivity index (χ1) is 15.4. The topological polar surface area (TPSA) is 91.4 Å². The Bertz CT molecular complexity index is 1110. The lowest BCUT2D eigenvalue weighted by molar-refractivity contribution is -0.189. The molecule has 9 heteroatoms. The van der Waals surface area contributed by atoms with E-state index in [2.05, 4.69) is 11.9 Å². The molecule has 0 saturated heterocycles. The monoisotopic (exact) mass is 445 g/mol. The first-order valence-corrected chi connectivity index (χ1v) is 11.9. The summed E-state index contributed by atoms with van der Waals surface area (Å²) in [4.78, 5) is 45.6. The molecule has 2 aliphatic carbocycles.